The van der Waals surface area contributed by atoms with Gasteiger partial charge in [-0.25, -0.2) is 4.98 Å². The van der Waals surface area contributed by atoms with Crippen molar-refractivity contribution in [2.24, 2.45) is 5.92 Å². The number of fused-ring (bicyclic) bond motifs is 1. The zero-order valence-corrected chi connectivity index (χ0v) is 14.0. The van der Waals surface area contributed by atoms with Crippen molar-refractivity contribution < 1.29 is 9.21 Å². The third-order valence-corrected chi connectivity index (χ3v) is 4.33. The molecule has 0 atom stereocenters. The van der Waals surface area contributed by atoms with Crippen molar-refractivity contribution in [1.29, 1.82) is 0 Å². The van der Waals surface area contributed by atoms with Gasteiger partial charge in [-0.1, -0.05) is 30.3 Å². The molecular weight excluding hydrogens is 314 g/mol. The van der Waals surface area contributed by atoms with E-state index in [-0.39, 0.29) is 5.91 Å². The molecule has 2 N–H and O–H groups in total. The number of hydrogen-bond acceptors (Lipinski definition) is 4. The molecule has 25 heavy (non-hydrogen) atoms. The molecule has 3 aromatic rings. The highest BCUT2D eigenvalue weighted by molar-refractivity contribution is 5.94. The number of nitrogens with zero attached hydrogens (tertiary/aromatic N) is 1. The van der Waals surface area contributed by atoms with Gasteiger partial charge >= 0.3 is 0 Å². The fourth-order valence-electron chi connectivity index (χ4n) is 2.81. The van der Waals surface area contributed by atoms with Gasteiger partial charge < -0.3 is 15.1 Å². The van der Waals surface area contributed by atoms with Crippen LogP contribution in [-0.4, -0.2) is 24.0 Å². The molecule has 0 saturated heterocycles. The molecule has 0 spiro atoms. The van der Waals surface area contributed by atoms with Crippen molar-refractivity contribution >= 4 is 22.7 Å². The molecule has 0 aliphatic heterocycles. The maximum Gasteiger partial charge on any atom is 0.238 e. The van der Waals surface area contributed by atoms with Gasteiger partial charge in [0.2, 0.25) is 5.91 Å². The average molecular weight is 335 g/mol. The van der Waals surface area contributed by atoms with Crippen LogP contribution >= 0.6 is 0 Å². The Bertz CT molecular complexity index is 869. The molecule has 5 nitrogen and oxygen atoms in total. The molecule has 2 aromatic carbocycles. The van der Waals surface area contributed by atoms with Crippen molar-refractivity contribution in [2.75, 3.05) is 18.4 Å². The fourth-order valence-corrected chi connectivity index (χ4v) is 2.81. The number of nitrogens with one attached hydrogen (secondary N) is 2. The van der Waals surface area contributed by atoms with Crippen LogP contribution in [0.1, 0.15) is 24.3 Å². The molecule has 1 aromatic heterocycles. The van der Waals surface area contributed by atoms with Gasteiger partial charge in [0.15, 0.2) is 11.5 Å². The quantitative estimate of drug-likeness (QED) is 0.695. The first-order valence-electron chi connectivity index (χ1n) is 8.70. The van der Waals surface area contributed by atoms with Crippen LogP contribution in [0.15, 0.2) is 52.9 Å². The first-order valence-corrected chi connectivity index (χ1v) is 8.70. The fraction of sp³-hybridized carbons (Fsp3) is 0.300. The summed E-state index contributed by atoms with van der Waals surface area (Å²) in [5.41, 5.74) is 3.38. The largest absolute Gasteiger partial charge is 0.440 e. The van der Waals surface area contributed by atoms with Crippen LogP contribution in [-0.2, 0) is 11.2 Å². The van der Waals surface area contributed by atoms with Gasteiger partial charge in [-0.05, 0) is 43.0 Å². The summed E-state index contributed by atoms with van der Waals surface area (Å²) in [5, 5.41) is 6.09. The Morgan fingerprint density at radius 1 is 1.16 bits per heavy atom. The van der Waals surface area contributed by atoms with Crippen molar-refractivity contribution in [1.82, 2.24) is 10.3 Å². The SMILES string of the molecule is O=C(CNCC1CC1)Nc1ccc2nc(Cc3ccccc3)oc2c1. The number of carbonyl (C=O) groups is 1. The van der Waals surface area contributed by atoms with E-state index in [0.29, 0.717) is 24.4 Å². The molecule has 128 valence electrons. The summed E-state index contributed by atoms with van der Waals surface area (Å²) in [4.78, 5) is 16.5. The van der Waals surface area contributed by atoms with Crippen LogP contribution in [0.5, 0.6) is 0 Å². The molecule has 0 radical (unpaired) electrons. The summed E-state index contributed by atoms with van der Waals surface area (Å²) in [6.45, 7) is 1.27. The minimum absolute atomic E-state index is 0.0379. The van der Waals surface area contributed by atoms with E-state index in [2.05, 4.69) is 27.8 Å². The van der Waals surface area contributed by atoms with Gasteiger partial charge in [0.25, 0.3) is 0 Å². The summed E-state index contributed by atoms with van der Waals surface area (Å²) in [6, 6.07) is 15.7. The lowest BCUT2D eigenvalue weighted by molar-refractivity contribution is -0.115. The molecule has 1 amide bonds. The zero-order chi connectivity index (χ0) is 17.1. The smallest absolute Gasteiger partial charge is 0.238 e. The number of rotatable bonds is 7. The second kappa shape index (κ2) is 7.07. The second-order valence-electron chi connectivity index (χ2n) is 6.57. The number of aromatic nitrogens is 1. The Morgan fingerprint density at radius 3 is 2.80 bits per heavy atom. The van der Waals surface area contributed by atoms with E-state index >= 15 is 0 Å². The summed E-state index contributed by atoms with van der Waals surface area (Å²) in [6.07, 6.45) is 3.21. The predicted molar refractivity (Wildman–Crippen MR) is 97.5 cm³/mol. The van der Waals surface area contributed by atoms with E-state index in [1.54, 1.807) is 0 Å². The highest BCUT2D eigenvalue weighted by Gasteiger charge is 2.20. The highest BCUT2D eigenvalue weighted by atomic mass is 16.3. The molecule has 1 heterocycles. The van der Waals surface area contributed by atoms with Crippen LogP contribution in [0.2, 0.25) is 0 Å². The summed E-state index contributed by atoms with van der Waals surface area (Å²) in [7, 11) is 0. The number of amides is 1. The normalized spacial score (nSPS) is 13.9. The molecule has 1 aliphatic rings. The molecule has 1 saturated carbocycles. The first-order chi connectivity index (χ1) is 12.3. The number of hydrogen-bond donors (Lipinski definition) is 2. The number of anilines is 1. The maximum atomic E-state index is 12.0. The molecule has 1 aliphatic carbocycles. The topological polar surface area (TPSA) is 67.2 Å². The lowest BCUT2D eigenvalue weighted by atomic mass is 10.1. The Labute approximate surface area is 146 Å². The number of oxazole rings is 1. The molecule has 0 unspecified atom stereocenters. The summed E-state index contributed by atoms with van der Waals surface area (Å²) >= 11 is 0. The van der Waals surface area contributed by atoms with Crippen molar-refractivity contribution in [3.63, 3.8) is 0 Å². The lowest BCUT2D eigenvalue weighted by Gasteiger charge is -2.05. The van der Waals surface area contributed by atoms with Gasteiger partial charge in [-0.3, -0.25) is 4.79 Å². The molecule has 0 bridgehead atoms. The van der Waals surface area contributed by atoms with Gasteiger partial charge in [0.05, 0.1) is 6.54 Å². The van der Waals surface area contributed by atoms with E-state index in [9.17, 15) is 4.79 Å². The van der Waals surface area contributed by atoms with Crippen molar-refractivity contribution in [3.05, 3.63) is 60.0 Å². The Balaban J connectivity index is 1.40. The summed E-state index contributed by atoms with van der Waals surface area (Å²) < 4.78 is 5.84. The summed E-state index contributed by atoms with van der Waals surface area (Å²) in [5.74, 6) is 1.40. The van der Waals surface area contributed by atoms with E-state index in [4.69, 9.17) is 4.42 Å². The minimum Gasteiger partial charge on any atom is -0.440 e. The average Bonchev–Trinajstić information content (AvgIpc) is 3.34. The Morgan fingerprint density at radius 2 is 2.00 bits per heavy atom. The van der Waals surface area contributed by atoms with Gasteiger partial charge in [0.1, 0.15) is 5.52 Å². The predicted octanol–water partition coefficient (Wildman–Crippen LogP) is 3.36. The van der Waals surface area contributed by atoms with E-state index in [1.165, 1.54) is 12.8 Å². The molecule has 5 heteroatoms. The van der Waals surface area contributed by atoms with Crippen LogP contribution in [0.4, 0.5) is 5.69 Å². The van der Waals surface area contributed by atoms with Crippen molar-refractivity contribution in [2.45, 2.75) is 19.3 Å². The van der Waals surface area contributed by atoms with Gasteiger partial charge in [-0.15, -0.1) is 0 Å². The molecule has 4 rings (SSSR count). The third-order valence-electron chi connectivity index (χ3n) is 4.33. The van der Waals surface area contributed by atoms with Crippen LogP contribution in [0.3, 0.4) is 0 Å². The van der Waals surface area contributed by atoms with Gasteiger partial charge in [-0.2, -0.15) is 0 Å². The molecular formula is C20H21N3O2. The standard InChI is InChI=1S/C20H21N3O2/c24-19(13-21-12-15-6-7-15)22-16-8-9-17-18(11-16)25-20(23-17)10-14-4-2-1-3-5-14/h1-5,8-9,11,15,21H,6-7,10,12-13H2,(H,22,24). The third kappa shape index (κ3) is 4.25. The lowest BCUT2D eigenvalue weighted by Crippen LogP contribution is -2.29. The van der Waals surface area contributed by atoms with E-state index in [0.717, 1.165) is 29.2 Å². The van der Waals surface area contributed by atoms with Gasteiger partial charge in [0, 0.05) is 18.2 Å². The second-order valence-corrected chi connectivity index (χ2v) is 6.57. The van der Waals surface area contributed by atoms with E-state index in [1.807, 2.05) is 36.4 Å². The van der Waals surface area contributed by atoms with Crippen molar-refractivity contribution in [3.8, 4) is 0 Å². The highest BCUT2D eigenvalue weighted by Crippen LogP contribution is 2.27. The van der Waals surface area contributed by atoms with Crippen LogP contribution < -0.4 is 10.6 Å². The monoisotopic (exact) mass is 335 g/mol. The number of carbonyl (C=O) groups excluding carboxylic acids is 1. The number of benzene rings is 2. The Kier molecular flexibility index (Phi) is 4.48. The molecule has 1 fully saturated rings. The van der Waals surface area contributed by atoms with E-state index < -0.39 is 0 Å². The Hall–Kier alpha value is -2.66. The zero-order valence-electron chi connectivity index (χ0n) is 14.0. The maximum absolute atomic E-state index is 12.0. The van der Waals surface area contributed by atoms with Crippen LogP contribution in [0, 0.1) is 5.92 Å². The minimum atomic E-state index is -0.0379. The first kappa shape index (κ1) is 15.8. The van der Waals surface area contributed by atoms with Crippen LogP contribution in [0.25, 0.3) is 11.1 Å².